The molecule has 7 heteroatoms. The molecule has 0 unspecified atom stereocenters. The monoisotopic (exact) mass is 369 g/mol. The molecular formula is C20H27N5O2. The van der Waals surface area contributed by atoms with Crippen LogP contribution >= 0.6 is 0 Å². The van der Waals surface area contributed by atoms with Gasteiger partial charge in [0, 0.05) is 19.6 Å². The maximum absolute atomic E-state index is 12.1. The Kier molecular flexibility index (Phi) is 7.61. The van der Waals surface area contributed by atoms with E-state index in [9.17, 15) is 9.59 Å². The summed E-state index contributed by atoms with van der Waals surface area (Å²) in [7, 11) is 0. The number of carbonyl (C=O) groups excluding carboxylic acids is 2. The van der Waals surface area contributed by atoms with Gasteiger partial charge in [-0.2, -0.15) is 0 Å². The van der Waals surface area contributed by atoms with Crippen molar-refractivity contribution in [2.75, 3.05) is 23.3 Å². The van der Waals surface area contributed by atoms with Crippen molar-refractivity contribution in [2.45, 2.75) is 33.4 Å². The number of rotatable bonds is 8. The number of pyridine rings is 1. The first kappa shape index (κ1) is 20.2. The lowest BCUT2D eigenvalue weighted by Crippen LogP contribution is -2.46. The lowest BCUT2D eigenvalue weighted by Gasteiger charge is -2.20. The highest BCUT2D eigenvalue weighted by molar-refractivity contribution is 5.93. The number of hydrogen-bond donors (Lipinski definition) is 3. The molecule has 0 radical (unpaired) electrons. The van der Waals surface area contributed by atoms with E-state index in [2.05, 4.69) is 39.7 Å². The first-order chi connectivity index (χ1) is 13.0. The van der Waals surface area contributed by atoms with E-state index in [-0.39, 0.29) is 5.91 Å². The van der Waals surface area contributed by atoms with Crippen LogP contribution in [0.4, 0.5) is 16.3 Å². The Morgan fingerprint density at radius 2 is 1.78 bits per heavy atom. The van der Waals surface area contributed by atoms with Gasteiger partial charge in [0.1, 0.15) is 11.9 Å². The van der Waals surface area contributed by atoms with Gasteiger partial charge in [-0.1, -0.05) is 30.3 Å². The molecule has 0 aliphatic rings. The summed E-state index contributed by atoms with van der Waals surface area (Å²) >= 11 is 0. The first-order valence-corrected chi connectivity index (χ1v) is 9.13. The van der Waals surface area contributed by atoms with E-state index in [1.54, 1.807) is 19.2 Å². The van der Waals surface area contributed by atoms with Crippen molar-refractivity contribution in [3.05, 3.63) is 54.2 Å². The average Bonchev–Trinajstić information content (AvgIpc) is 2.69. The third-order valence-corrected chi connectivity index (χ3v) is 4.14. The summed E-state index contributed by atoms with van der Waals surface area (Å²) in [6.07, 6.45) is 1.60. The molecule has 2 rings (SSSR count). The minimum atomic E-state index is -0.656. The minimum absolute atomic E-state index is 0.246. The molecule has 1 atom stereocenters. The van der Waals surface area contributed by atoms with Gasteiger partial charge in [0.15, 0.2) is 0 Å². The number of nitrogens with zero attached hydrogens (tertiary/aromatic N) is 2. The van der Waals surface area contributed by atoms with Crippen LogP contribution in [0.5, 0.6) is 0 Å². The predicted octanol–water partition coefficient (Wildman–Crippen LogP) is 2.75. The minimum Gasteiger partial charge on any atom is -0.357 e. The van der Waals surface area contributed by atoms with E-state index >= 15 is 0 Å². The average molecular weight is 369 g/mol. The molecule has 0 saturated carbocycles. The van der Waals surface area contributed by atoms with E-state index in [0.717, 1.165) is 24.5 Å². The van der Waals surface area contributed by atoms with Crippen molar-refractivity contribution < 1.29 is 9.59 Å². The van der Waals surface area contributed by atoms with Crippen LogP contribution in [0.2, 0.25) is 0 Å². The Bertz CT molecular complexity index is 730. The van der Waals surface area contributed by atoms with Gasteiger partial charge in [-0.25, -0.2) is 9.78 Å². The summed E-state index contributed by atoms with van der Waals surface area (Å²) in [6, 6.07) is 12.2. The second-order valence-electron chi connectivity index (χ2n) is 6.10. The van der Waals surface area contributed by atoms with E-state index in [1.807, 2.05) is 36.4 Å². The molecule has 1 aromatic carbocycles. The summed E-state index contributed by atoms with van der Waals surface area (Å²) in [5, 5.41) is 8.12. The SMILES string of the molecule is CCN(CC)c1ccc(NC(=O)N[C@@H](C)C(=O)NCc2ccccc2)cn1. The summed E-state index contributed by atoms with van der Waals surface area (Å²) in [5.41, 5.74) is 1.57. The second-order valence-corrected chi connectivity index (χ2v) is 6.10. The van der Waals surface area contributed by atoms with Crippen LogP contribution in [-0.2, 0) is 11.3 Å². The van der Waals surface area contributed by atoms with E-state index < -0.39 is 12.1 Å². The van der Waals surface area contributed by atoms with Gasteiger partial charge < -0.3 is 20.9 Å². The first-order valence-electron chi connectivity index (χ1n) is 9.13. The molecule has 0 aliphatic carbocycles. The molecule has 0 aliphatic heterocycles. The second kappa shape index (κ2) is 10.2. The molecule has 0 fully saturated rings. The summed E-state index contributed by atoms with van der Waals surface area (Å²) in [4.78, 5) is 30.7. The van der Waals surface area contributed by atoms with Crippen molar-refractivity contribution in [3.8, 4) is 0 Å². The standard InChI is InChI=1S/C20H27N5O2/c1-4-25(5-2)18-12-11-17(14-21-18)24-20(27)23-15(3)19(26)22-13-16-9-7-6-8-10-16/h6-12,14-15H,4-5,13H2,1-3H3,(H,22,26)(H2,23,24,27)/t15-/m0/s1. The fraction of sp³-hybridized carbons (Fsp3) is 0.350. The van der Waals surface area contributed by atoms with Crippen LogP contribution in [0.15, 0.2) is 48.7 Å². The molecular weight excluding hydrogens is 342 g/mol. The maximum atomic E-state index is 12.1. The molecule has 0 saturated heterocycles. The fourth-order valence-corrected chi connectivity index (χ4v) is 2.56. The van der Waals surface area contributed by atoms with Gasteiger partial charge in [-0.3, -0.25) is 4.79 Å². The van der Waals surface area contributed by atoms with Crippen LogP contribution in [-0.4, -0.2) is 36.1 Å². The Hall–Kier alpha value is -3.09. The Morgan fingerprint density at radius 1 is 1.07 bits per heavy atom. The number of aromatic nitrogens is 1. The number of benzene rings is 1. The Balaban J connectivity index is 1.81. The lowest BCUT2D eigenvalue weighted by molar-refractivity contribution is -0.122. The van der Waals surface area contributed by atoms with Crippen molar-refractivity contribution in [3.63, 3.8) is 0 Å². The lowest BCUT2D eigenvalue weighted by atomic mass is 10.2. The predicted molar refractivity (Wildman–Crippen MR) is 108 cm³/mol. The van der Waals surface area contributed by atoms with Crippen molar-refractivity contribution in [2.24, 2.45) is 0 Å². The van der Waals surface area contributed by atoms with E-state index in [0.29, 0.717) is 12.2 Å². The number of hydrogen-bond acceptors (Lipinski definition) is 4. The molecule has 7 nitrogen and oxygen atoms in total. The van der Waals surface area contributed by atoms with Gasteiger partial charge in [0.2, 0.25) is 5.91 Å². The molecule has 0 bridgehead atoms. The third kappa shape index (κ3) is 6.29. The highest BCUT2D eigenvalue weighted by Gasteiger charge is 2.15. The molecule has 2 aromatic rings. The third-order valence-electron chi connectivity index (χ3n) is 4.14. The van der Waals surface area contributed by atoms with Crippen LogP contribution in [0.1, 0.15) is 26.3 Å². The quantitative estimate of drug-likeness (QED) is 0.668. The van der Waals surface area contributed by atoms with E-state index in [1.165, 1.54) is 0 Å². The van der Waals surface area contributed by atoms with Gasteiger partial charge in [0.25, 0.3) is 0 Å². The zero-order chi connectivity index (χ0) is 19.6. The van der Waals surface area contributed by atoms with Crippen LogP contribution < -0.4 is 20.9 Å². The highest BCUT2D eigenvalue weighted by Crippen LogP contribution is 2.13. The molecule has 27 heavy (non-hydrogen) atoms. The molecule has 0 spiro atoms. The van der Waals surface area contributed by atoms with E-state index in [4.69, 9.17) is 0 Å². The van der Waals surface area contributed by atoms with Crippen molar-refractivity contribution >= 4 is 23.4 Å². The zero-order valence-corrected chi connectivity index (χ0v) is 16.0. The van der Waals surface area contributed by atoms with Crippen LogP contribution in [0.3, 0.4) is 0 Å². The highest BCUT2D eigenvalue weighted by atomic mass is 16.2. The van der Waals surface area contributed by atoms with Gasteiger partial charge in [-0.15, -0.1) is 0 Å². The molecule has 3 amide bonds. The summed E-state index contributed by atoms with van der Waals surface area (Å²) in [6.45, 7) is 7.93. The smallest absolute Gasteiger partial charge is 0.319 e. The normalized spacial score (nSPS) is 11.4. The van der Waals surface area contributed by atoms with Crippen LogP contribution in [0, 0.1) is 0 Å². The van der Waals surface area contributed by atoms with Crippen LogP contribution in [0.25, 0.3) is 0 Å². The number of amides is 3. The largest absolute Gasteiger partial charge is 0.357 e. The Labute approximate surface area is 160 Å². The summed E-state index contributed by atoms with van der Waals surface area (Å²) < 4.78 is 0. The van der Waals surface area contributed by atoms with Gasteiger partial charge in [0.05, 0.1) is 11.9 Å². The molecule has 3 N–H and O–H groups in total. The molecule has 1 heterocycles. The zero-order valence-electron chi connectivity index (χ0n) is 16.0. The fourth-order valence-electron chi connectivity index (χ4n) is 2.56. The van der Waals surface area contributed by atoms with Crippen molar-refractivity contribution in [1.82, 2.24) is 15.6 Å². The molecule has 1 aromatic heterocycles. The number of carbonyl (C=O) groups is 2. The van der Waals surface area contributed by atoms with Crippen molar-refractivity contribution in [1.29, 1.82) is 0 Å². The maximum Gasteiger partial charge on any atom is 0.319 e. The summed E-state index contributed by atoms with van der Waals surface area (Å²) in [5.74, 6) is 0.614. The van der Waals surface area contributed by atoms with Gasteiger partial charge in [-0.05, 0) is 38.5 Å². The Morgan fingerprint density at radius 3 is 2.37 bits per heavy atom. The topological polar surface area (TPSA) is 86.4 Å². The number of urea groups is 1. The number of anilines is 2. The molecule has 144 valence electrons. The van der Waals surface area contributed by atoms with Gasteiger partial charge >= 0.3 is 6.03 Å². The number of nitrogens with one attached hydrogen (secondary N) is 3.